The SMILES string of the molecule is O=C1[N-]C(=O)c2ccccc21.[Zn]. The van der Waals surface area contributed by atoms with Crippen LogP contribution >= 0.6 is 0 Å². The zero-order valence-corrected chi connectivity index (χ0v) is 9.25. The number of nitrogens with zero attached hydrogens (tertiary/aromatic N) is 1. The summed E-state index contributed by atoms with van der Waals surface area (Å²) < 4.78 is 0. The van der Waals surface area contributed by atoms with Crippen molar-refractivity contribution in [1.82, 2.24) is 0 Å². The summed E-state index contributed by atoms with van der Waals surface area (Å²) in [6.45, 7) is 0. The molecule has 0 radical (unpaired) electrons. The summed E-state index contributed by atoms with van der Waals surface area (Å²) in [7, 11) is 0. The van der Waals surface area contributed by atoms with Crippen molar-refractivity contribution < 1.29 is 29.1 Å². The second-order valence-corrected chi connectivity index (χ2v) is 2.27. The van der Waals surface area contributed by atoms with Crippen molar-refractivity contribution in [1.29, 1.82) is 0 Å². The Morgan fingerprint density at radius 2 is 1.33 bits per heavy atom. The maximum atomic E-state index is 10.9. The maximum absolute atomic E-state index is 10.9. The van der Waals surface area contributed by atoms with Gasteiger partial charge in [-0.1, -0.05) is 24.3 Å². The molecule has 1 aromatic carbocycles. The largest absolute Gasteiger partial charge is 0.587 e. The van der Waals surface area contributed by atoms with Gasteiger partial charge in [0.05, 0.1) is 11.8 Å². The van der Waals surface area contributed by atoms with Crippen molar-refractivity contribution in [3.05, 3.63) is 40.7 Å². The average molecular weight is 212 g/mol. The topological polar surface area (TPSA) is 48.2 Å². The molecule has 0 saturated carbocycles. The van der Waals surface area contributed by atoms with Gasteiger partial charge in [-0.2, -0.15) is 0 Å². The van der Waals surface area contributed by atoms with E-state index in [4.69, 9.17) is 0 Å². The fourth-order valence-electron chi connectivity index (χ4n) is 1.07. The monoisotopic (exact) mass is 210 g/mol. The van der Waals surface area contributed by atoms with Crippen molar-refractivity contribution in [2.75, 3.05) is 0 Å². The number of carbonyl (C=O) groups excluding carboxylic acids is 2. The van der Waals surface area contributed by atoms with Gasteiger partial charge in [-0.05, 0) is 0 Å². The molecule has 0 bridgehead atoms. The van der Waals surface area contributed by atoms with Crippen molar-refractivity contribution in [2.45, 2.75) is 0 Å². The van der Waals surface area contributed by atoms with Crippen molar-refractivity contribution in [3.8, 4) is 0 Å². The molecule has 12 heavy (non-hydrogen) atoms. The molecule has 0 atom stereocenters. The molecule has 0 aliphatic carbocycles. The number of hydrogen-bond acceptors (Lipinski definition) is 2. The molecule has 0 saturated heterocycles. The van der Waals surface area contributed by atoms with Gasteiger partial charge in [0.25, 0.3) is 0 Å². The van der Waals surface area contributed by atoms with E-state index in [1.54, 1.807) is 24.3 Å². The Balaban J connectivity index is 0.000000720. The quantitative estimate of drug-likeness (QED) is 0.480. The van der Waals surface area contributed by atoms with Crippen LogP contribution in [0.5, 0.6) is 0 Å². The van der Waals surface area contributed by atoms with E-state index in [0.29, 0.717) is 11.1 Å². The number of amides is 2. The minimum atomic E-state index is -0.425. The molecule has 2 amide bonds. The van der Waals surface area contributed by atoms with Crippen LogP contribution in [0, 0.1) is 0 Å². The zero-order chi connectivity index (χ0) is 7.84. The Morgan fingerprint density at radius 1 is 0.917 bits per heavy atom. The Labute approximate surface area is 81.9 Å². The molecule has 0 spiro atoms. The fraction of sp³-hybridized carbons (Fsp3) is 0. The Morgan fingerprint density at radius 3 is 1.75 bits per heavy atom. The molecule has 4 heteroatoms. The molecule has 0 N–H and O–H groups in total. The first-order chi connectivity index (χ1) is 5.29. The van der Waals surface area contributed by atoms with Gasteiger partial charge in [0.1, 0.15) is 0 Å². The molecule has 1 aromatic rings. The number of hydrogen-bond donors (Lipinski definition) is 0. The van der Waals surface area contributed by atoms with E-state index < -0.39 is 11.8 Å². The molecule has 56 valence electrons. The molecular formula is C8H4NO2Zn-. The van der Waals surface area contributed by atoms with Crippen LogP contribution < -0.4 is 0 Å². The normalized spacial score (nSPS) is 13.3. The van der Waals surface area contributed by atoms with Gasteiger partial charge in [-0.3, -0.25) is 0 Å². The Bertz CT molecular complexity index is 316. The standard InChI is InChI=1S/C8H5NO2.Zn/c10-7-5-3-1-2-4-6(5)8(11)9-7;/h1-4H,(H,9,10,11);/p-1. The van der Waals surface area contributed by atoms with Crippen LogP contribution in [0.3, 0.4) is 0 Å². The molecule has 0 fully saturated rings. The van der Waals surface area contributed by atoms with Crippen LogP contribution in [-0.2, 0) is 19.5 Å². The molecule has 2 rings (SSSR count). The van der Waals surface area contributed by atoms with Gasteiger partial charge < -0.3 is 14.9 Å². The molecule has 0 unspecified atom stereocenters. The number of imide groups is 1. The number of rotatable bonds is 0. The summed E-state index contributed by atoms with van der Waals surface area (Å²) in [5.74, 6) is -0.851. The van der Waals surface area contributed by atoms with Gasteiger partial charge >= 0.3 is 0 Å². The van der Waals surface area contributed by atoms with Gasteiger partial charge in [0.2, 0.25) is 0 Å². The van der Waals surface area contributed by atoms with Crippen molar-refractivity contribution in [2.24, 2.45) is 0 Å². The maximum Gasteiger partial charge on any atom is 0.0883 e. The van der Waals surface area contributed by atoms with E-state index in [1.807, 2.05) is 0 Å². The van der Waals surface area contributed by atoms with Crippen LogP contribution in [0.15, 0.2) is 24.3 Å². The third-order valence-electron chi connectivity index (χ3n) is 1.59. The van der Waals surface area contributed by atoms with E-state index in [0.717, 1.165) is 0 Å². The first kappa shape index (κ1) is 9.07. The van der Waals surface area contributed by atoms with Crippen LogP contribution in [0.2, 0.25) is 0 Å². The predicted octanol–water partition coefficient (Wildman–Crippen LogP) is 1.35. The fourth-order valence-corrected chi connectivity index (χ4v) is 1.07. The third-order valence-corrected chi connectivity index (χ3v) is 1.59. The Kier molecular flexibility index (Phi) is 2.38. The zero-order valence-electron chi connectivity index (χ0n) is 6.28. The van der Waals surface area contributed by atoms with E-state index in [9.17, 15) is 9.59 Å². The second kappa shape index (κ2) is 3.15. The van der Waals surface area contributed by atoms with Gasteiger partial charge in [-0.15, -0.1) is 0 Å². The number of carbonyl (C=O) groups is 2. The third kappa shape index (κ3) is 1.18. The molecule has 1 aliphatic rings. The minimum absolute atomic E-state index is 0. The summed E-state index contributed by atoms with van der Waals surface area (Å²) in [5.41, 5.74) is 0.829. The van der Waals surface area contributed by atoms with E-state index >= 15 is 0 Å². The van der Waals surface area contributed by atoms with Gasteiger partial charge in [-0.25, -0.2) is 0 Å². The van der Waals surface area contributed by atoms with Crippen LogP contribution in [0.25, 0.3) is 5.32 Å². The molecule has 0 aromatic heterocycles. The summed E-state index contributed by atoms with van der Waals surface area (Å²) in [6, 6.07) is 6.63. The van der Waals surface area contributed by atoms with E-state index in [1.165, 1.54) is 0 Å². The summed E-state index contributed by atoms with van der Waals surface area (Å²) >= 11 is 0. The summed E-state index contributed by atoms with van der Waals surface area (Å²) in [6.07, 6.45) is 0. The van der Waals surface area contributed by atoms with Crippen LogP contribution in [-0.4, -0.2) is 11.8 Å². The first-order valence-electron chi connectivity index (χ1n) is 3.18. The van der Waals surface area contributed by atoms with Crippen LogP contribution in [0.1, 0.15) is 20.7 Å². The van der Waals surface area contributed by atoms with E-state index in [-0.39, 0.29) is 19.5 Å². The second-order valence-electron chi connectivity index (χ2n) is 2.27. The molecule has 1 heterocycles. The smallest absolute Gasteiger partial charge is 0.0883 e. The van der Waals surface area contributed by atoms with Crippen molar-refractivity contribution in [3.63, 3.8) is 0 Å². The molecule has 1 aliphatic heterocycles. The first-order valence-corrected chi connectivity index (χ1v) is 3.18. The summed E-state index contributed by atoms with van der Waals surface area (Å²) in [4.78, 5) is 21.8. The molecular weight excluding hydrogens is 207 g/mol. The van der Waals surface area contributed by atoms with Gasteiger partial charge in [0, 0.05) is 30.6 Å². The Hall–Kier alpha value is -1.02. The minimum Gasteiger partial charge on any atom is -0.587 e. The summed E-state index contributed by atoms with van der Waals surface area (Å²) in [5, 5.41) is 3.28. The van der Waals surface area contributed by atoms with Gasteiger partial charge in [0.15, 0.2) is 0 Å². The molecule has 3 nitrogen and oxygen atoms in total. The number of fused-ring (bicyclic) bond motifs is 1. The predicted molar refractivity (Wildman–Crippen MR) is 38.5 cm³/mol. The van der Waals surface area contributed by atoms with Crippen LogP contribution in [0.4, 0.5) is 0 Å². The average Bonchev–Trinajstić information content (AvgIpc) is 2.30. The number of benzene rings is 1. The van der Waals surface area contributed by atoms with E-state index in [2.05, 4.69) is 5.32 Å². The van der Waals surface area contributed by atoms with Crippen molar-refractivity contribution >= 4 is 11.8 Å².